The van der Waals surface area contributed by atoms with Crippen molar-refractivity contribution >= 4 is 17.3 Å². The Balaban J connectivity index is 1.91. The van der Waals surface area contributed by atoms with Crippen LogP contribution in [0.3, 0.4) is 0 Å². The van der Waals surface area contributed by atoms with Crippen molar-refractivity contribution in [2.24, 2.45) is 0 Å². The molecule has 1 atom stereocenters. The second kappa shape index (κ2) is 6.12. The van der Waals surface area contributed by atoms with Gasteiger partial charge >= 0.3 is 12.5 Å². The fourth-order valence-corrected chi connectivity index (χ4v) is 3.71. The van der Waals surface area contributed by atoms with Crippen LogP contribution in [0.15, 0.2) is 12.4 Å². The molecule has 2 heterocycles. The van der Waals surface area contributed by atoms with Crippen LogP contribution in [0.5, 0.6) is 0 Å². The molecule has 0 radical (unpaired) electrons. The second-order valence-corrected chi connectivity index (χ2v) is 6.09. The van der Waals surface area contributed by atoms with E-state index < -0.39 is 6.55 Å². The van der Waals surface area contributed by atoms with Gasteiger partial charge in [0.2, 0.25) is 0 Å². The topological polar surface area (TPSA) is 57.0 Å². The van der Waals surface area contributed by atoms with Crippen LogP contribution in [0, 0.1) is 0 Å². The third-order valence-corrected chi connectivity index (χ3v) is 4.75. The van der Waals surface area contributed by atoms with Gasteiger partial charge in [0, 0.05) is 16.6 Å². The highest BCUT2D eigenvalue weighted by Crippen LogP contribution is 2.38. The van der Waals surface area contributed by atoms with E-state index in [1.54, 1.807) is 6.92 Å². The molecule has 0 amide bonds. The highest BCUT2D eigenvalue weighted by Gasteiger charge is 2.31. The van der Waals surface area contributed by atoms with E-state index in [4.69, 9.17) is 4.74 Å². The zero-order valence-corrected chi connectivity index (χ0v) is 12.8. The molecule has 0 saturated heterocycles. The maximum absolute atomic E-state index is 12.6. The molecule has 0 saturated carbocycles. The lowest BCUT2D eigenvalue weighted by Gasteiger charge is -2.19. The van der Waals surface area contributed by atoms with Gasteiger partial charge < -0.3 is 4.74 Å². The molecular formula is C14H15F2N3O2S. The Kier molecular flexibility index (Phi) is 4.19. The number of ether oxygens (including phenoxy) is 1. The number of esters is 1. The first-order valence-corrected chi connectivity index (χ1v) is 7.90. The first kappa shape index (κ1) is 15.1. The van der Waals surface area contributed by atoms with Crippen LogP contribution in [0.4, 0.5) is 8.78 Å². The predicted octanol–water partition coefficient (Wildman–Crippen LogP) is 3.38. The second-order valence-electron chi connectivity index (χ2n) is 5.01. The van der Waals surface area contributed by atoms with E-state index in [9.17, 15) is 13.6 Å². The van der Waals surface area contributed by atoms with Crippen LogP contribution >= 0.6 is 11.3 Å². The average Bonchev–Trinajstić information content (AvgIpc) is 3.13. The van der Waals surface area contributed by atoms with Gasteiger partial charge in [0.05, 0.1) is 18.5 Å². The predicted molar refractivity (Wildman–Crippen MR) is 76.9 cm³/mol. The van der Waals surface area contributed by atoms with E-state index in [2.05, 4.69) is 10.1 Å². The van der Waals surface area contributed by atoms with Gasteiger partial charge in [-0.25, -0.2) is 9.67 Å². The minimum absolute atomic E-state index is 0.261. The molecule has 0 aliphatic heterocycles. The standard InChI is InChI=1S/C14H15F2N3O2S/c1-2-21-13(20)9-4-3-5-10-11(9)18-12(22-10)8-6-17-19(7-8)14(15)16/h6-7,9,14H,2-5H2,1H3. The van der Waals surface area contributed by atoms with Gasteiger partial charge in [0.1, 0.15) is 10.9 Å². The molecule has 3 rings (SSSR count). The molecule has 1 aliphatic carbocycles. The van der Waals surface area contributed by atoms with Gasteiger partial charge in [0.25, 0.3) is 0 Å². The molecule has 1 aliphatic rings. The van der Waals surface area contributed by atoms with Crippen LogP contribution in [0.25, 0.3) is 10.6 Å². The number of rotatable bonds is 4. The van der Waals surface area contributed by atoms with Crippen molar-refractivity contribution in [2.45, 2.75) is 38.7 Å². The van der Waals surface area contributed by atoms with Gasteiger partial charge in [-0.1, -0.05) is 0 Å². The smallest absolute Gasteiger partial charge is 0.333 e. The Hall–Kier alpha value is -1.83. The maximum atomic E-state index is 12.6. The van der Waals surface area contributed by atoms with Crippen molar-refractivity contribution in [3.63, 3.8) is 0 Å². The van der Waals surface area contributed by atoms with Crippen molar-refractivity contribution < 1.29 is 18.3 Å². The summed E-state index contributed by atoms with van der Waals surface area (Å²) in [5.74, 6) is -0.609. The SMILES string of the molecule is CCOC(=O)C1CCCc2sc(-c3cnn(C(F)F)c3)nc21. The summed E-state index contributed by atoms with van der Waals surface area (Å²) in [6.07, 6.45) is 5.11. The number of alkyl halides is 2. The number of thiazole rings is 1. The summed E-state index contributed by atoms with van der Waals surface area (Å²) in [5, 5.41) is 4.24. The lowest BCUT2D eigenvalue weighted by atomic mass is 9.91. The van der Waals surface area contributed by atoms with Crippen molar-refractivity contribution in [1.82, 2.24) is 14.8 Å². The third kappa shape index (κ3) is 2.75. The summed E-state index contributed by atoms with van der Waals surface area (Å²) in [7, 11) is 0. The highest BCUT2D eigenvalue weighted by molar-refractivity contribution is 7.15. The fourth-order valence-electron chi connectivity index (χ4n) is 2.57. The molecule has 2 aromatic rings. The summed E-state index contributed by atoms with van der Waals surface area (Å²) >= 11 is 1.44. The molecule has 118 valence electrons. The molecule has 0 N–H and O–H groups in total. The highest BCUT2D eigenvalue weighted by atomic mass is 32.1. The lowest BCUT2D eigenvalue weighted by molar-refractivity contribution is -0.145. The van der Waals surface area contributed by atoms with Crippen LogP contribution < -0.4 is 0 Å². The average molecular weight is 327 g/mol. The van der Waals surface area contributed by atoms with Gasteiger partial charge in [-0.15, -0.1) is 11.3 Å². The largest absolute Gasteiger partial charge is 0.465 e. The summed E-state index contributed by atoms with van der Waals surface area (Å²) in [6.45, 7) is -0.564. The van der Waals surface area contributed by atoms with E-state index in [0.29, 0.717) is 28.3 Å². The van der Waals surface area contributed by atoms with Crippen LogP contribution in [0.2, 0.25) is 0 Å². The van der Waals surface area contributed by atoms with E-state index in [1.165, 1.54) is 23.7 Å². The number of carbonyl (C=O) groups excluding carboxylic acids is 1. The zero-order chi connectivity index (χ0) is 15.7. The quantitative estimate of drug-likeness (QED) is 0.808. The lowest BCUT2D eigenvalue weighted by Crippen LogP contribution is -2.20. The van der Waals surface area contributed by atoms with Gasteiger partial charge in [-0.05, 0) is 26.2 Å². The van der Waals surface area contributed by atoms with Crippen molar-refractivity contribution in [3.05, 3.63) is 23.0 Å². The molecule has 0 fully saturated rings. The minimum atomic E-state index is -2.67. The molecule has 5 nitrogen and oxygen atoms in total. The Morgan fingerprint density at radius 2 is 2.41 bits per heavy atom. The fraction of sp³-hybridized carbons (Fsp3) is 0.500. The number of halogens is 2. The number of hydrogen-bond acceptors (Lipinski definition) is 5. The molecular weight excluding hydrogens is 312 g/mol. The normalized spacial score (nSPS) is 17.5. The van der Waals surface area contributed by atoms with Crippen LogP contribution in [0.1, 0.15) is 42.8 Å². The minimum Gasteiger partial charge on any atom is -0.465 e. The van der Waals surface area contributed by atoms with Crippen molar-refractivity contribution in [2.75, 3.05) is 6.61 Å². The van der Waals surface area contributed by atoms with E-state index in [-0.39, 0.29) is 11.9 Å². The van der Waals surface area contributed by atoms with E-state index in [0.717, 1.165) is 23.4 Å². The number of hydrogen-bond donors (Lipinski definition) is 0. The van der Waals surface area contributed by atoms with Crippen LogP contribution in [-0.2, 0) is 16.0 Å². The molecule has 0 spiro atoms. The molecule has 8 heteroatoms. The van der Waals surface area contributed by atoms with Gasteiger partial charge in [-0.2, -0.15) is 13.9 Å². The Morgan fingerprint density at radius 3 is 3.09 bits per heavy atom. The van der Waals surface area contributed by atoms with Gasteiger partial charge in [0.15, 0.2) is 0 Å². The number of aromatic nitrogens is 3. The van der Waals surface area contributed by atoms with Gasteiger partial charge in [-0.3, -0.25) is 4.79 Å². The Labute approximate surface area is 129 Å². The molecule has 0 bridgehead atoms. The van der Waals surface area contributed by atoms with E-state index >= 15 is 0 Å². The van der Waals surface area contributed by atoms with Crippen molar-refractivity contribution in [1.29, 1.82) is 0 Å². The maximum Gasteiger partial charge on any atom is 0.333 e. The first-order valence-electron chi connectivity index (χ1n) is 7.09. The summed E-state index contributed by atoms with van der Waals surface area (Å²) in [6, 6.07) is 0. The van der Waals surface area contributed by atoms with Crippen LogP contribution in [-0.4, -0.2) is 27.3 Å². The number of nitrogens with zero attached hydrogens (tertiary/aromatic N) is 3. The molecule has 1 unspecified atom stereocenters. The molecule has 22 heavy (non-hydrogen) atoms. The Bertz CT molecular complexity index is 683. The number of fused-ring (bicyclic) bond motifs is 1. The summed E-state index contributed by atoms with van der Waals surface area (Å²) in [5.41, 5.74) is 1.27. The molecule has 2 aromatic heterocycles. The molecule has 0 aromatic carbocycles. The summed E-state index contributed by atoms with van der Waals surface area (Å²) < 4.78 is 30.9. The monoisotopic (exact) mass is 327 g/mol. The van der Waals surface area contributed by atoms with Crippen molar-refractivity contribution in [3.8, 4) is 10.6 Å². The Morgan fingerprint density at radius 1 is 1.59 bits per heavy atom. The first-order chi connectivity index (χ1) is 10.6. The number of aryl methyl sites for hydroxylation is 1. The number of carbonyl (C=O) groups is 1. The summed E-state index contributed by atoms with van der Waals surface area (Å²) in [4.78, 5) is 17.6. The third-order valence-electron chi connectivity index (χ3n) is 3.57. The zero-order valence-electron chi connectivity index (χ0n) is 12.0. The van der Waals surface area contributed by atoms with E-state index in [1.807, 2.05) is 0 Å².